The molecule has 4 nitrogen and oxygen atoms in total. The van der Waals surface area contributed by atoms with Crippen LogP contribution in [0.25, 0.3) is 0 Å². The summed E-state index contributed by atoms with van der Waals surface area (Å²) in [4.78, 5) is 8.25. The molecule has 0 radical (unpaired) electrons. The van der Waals surface area contributed by atoms with Gasteiger partial charge in [-0.15, -0.1) is 0 Å². The van der Waals surface area contributed by atoms with E-state index >= 15 is 0 Å². The Kier molecular flexibility index (Phi) is 5.65. The van der Waals surface area contributed by atoms with E-state index in [2.05, 4.69) is 36.1 Å². The molecule has 1 rings (SSSR count). The van der Waals surface area contributed by atoms with Gasteiger partial charge in [0.2, 0.25) is 0 Å². The molecule has 0 saturated carbocycles. The number of hydrogen-bond donors (Lipinski definition) is 2. The number of rotatable bonds is 6. The quantitative estimate of drug-likeness (QED) is 0.770. The average Bonchev–Trinajstić information content (AvgIpc) is 2.28. The maximum Gasteiger partial charge on any atom is 0.138 e. The fourth-order valence-corrected chi connectivity index (χ4v) is 2.08. The summed E-state index contributed by atoms with van der Waals surface area (Å²) in [6, 6.07) is 0.212. The van der Waals surface area contributed by atoms with Gasteiger partial charge < -0.3 is 10.4 Å². The van der Waals surface area contributed by atoms with Crippen LogP contribution in [0.3, 0.4) is 0 Å². The van der Waals surface area contributed by atoms with Gasteiger partial charge in [0.15, 0.2) is 0 Å². The van der Waals surface area contributed by atoms with E-state index in [1.165, 1.54) is 6.33 Å². The molecule has 2 N–H and O–H groups in total. The number of aromatic nitrogens is 2. The van der Waals surface area contributed by atoms with Gasteiger partial charge in [-0.3, -0.25) is 0 Å². The van der Waals surface area contributed by atoms with Crippen LogP contribution in [0.15, 0.2) is 6.33 Å². The molecule has 0 fully saturated rings. The van der Waals surface area contributed by atoms with Gasteiger partial charge in [0.25, 0.3) is 0 Å². The molecule has 0 aliphatic heterocycles. The van der Waals surface area contributed by atoms with Gasteiger partial charge in [-0.1, -0.05) is 32.4 Å². The summed E-state index contributed by atoms with van der Waals surface area (Å²) in [6.45, 7) is 6.36. The third-order valence-electron chi connectivity index (χ3n) is 2.72. The fourth-order valence-electron chi connectivity index (χ4n) is 1.73. The SMILES string of the molecule is CCC(CCO)Nc1ncnc(Cl)c1C(C)C. The van der Waals surface area contributed by atoms with E-state index < -0.39 is 0 Å². The first kappa shape index (κ1) is 14.2. The summed E-state index contributed by atoms with van der Waals surface area (Å²) in [7, 11) is 0. The molecule has 0 bridgehead atoms. The highest BCUT2D eigenvalue weighted by Crippen LogP contribution is 2.28. The van der Waals surface area contributed by atoms with Crippen LogP contribution in [0.2, 0.25) is 5.15 Å². The van der Waals surface area contributed by atoms with Gasteiger partial charge in [-0.25, -0.2) is 9.97 Å². The van der Waals surface area contributed by atoms with E-state index in [1.54, 1.807) is 0 Å². The minimum absolute atomic E-state index is 0.168. The second-order valence-electron chi connectivity index (χ2n) is 4.34. The van der Waals surface area contributed by atoms with Crippen LogP contribution in [0.4, 0.5) is 5.82 Å². The van der Waals surface area contributed by atoms with Crippen LogP contribution in [0.1, 0.15) is 45.1 Å². The van der Waals surface area contributed by atoms with Crippen molar-refractivity contribution in [3.05, 3.63) is 17.0 Å². The predicted octanol–water partition coefficient (Wildman–Crippen LogP) is 2.83. The van der Waals surface area contributed by atoms with Crippen molar-refractivity contribution in [2.45, 2.75) is 45.6 Å². The molecule has 1 unspecified atom stereocenters. The summed E-state index contributed by atoms with van der Waals surface area (Å²) in [5.41, 5.74) is 0.936. The van der Waals surface area contributed by atoms with Crippen LogP contribution in [-0.2, 0) is 0 Å². The summed E-state index contributed by atoms with van der Waals surface area (Å²) in [5, 5.41) is 12.8. The largest absolute Gasteiger partial charge is 0.396 e. The molecular weight excluding hydrogens is 238 g/mol. The van der Waals surface area contributed by atoms with Gasteiger partial charge in [-0.2, -0.15) is 0 Å². The molecular formula is C12H20ClN3O. The standard InChI is InChI=1S/C12H20ClN3O/c1-4-9(5-6-17)16-12-10(8(2)3)11(13)14-7-15-12/h7-9,17H,4-6H2,1-3H3,(H,14,15,16). The van der Waals surface area contributed by atoms with E-state index in [4.69, 9.17) is 16.7 Å². The Morgan fingerprint density at radius 3 is 2.65 bits per heavy atom. The van der Waals surface area contributed by atoms with Crippen LogP contribution < -0.4 is 5.32 Å². The van der Waals surface area contributed by atoms with E-state index in [0.717, 1.165) is 17.8 Å². The predicted molar refractivity (Wildman–Crippen MR) is 70.5 cm³/mol. The molecule has 1 atom stereocenters. The zero-order chi connectivity index (χ0) is 12.8. The maximum atomic E-state index is 8.98. The Morgan fingerprint density at radius 1 is 1.41 bits per heavy atom. The lowest BCUT2D eigenvalue weighted by molar-refractivity contribution is 0.278. The van der Waals surface area contributed by atoms with Crippen molar-refractivity contribution in [1.29, 1.82) is 0 Å². The van der Waals surface area contributed by atoms with Crippen molar-refractivity contribution in [3.63, 3.8) is 0 Å². The number of aliphatic hydroxyl groups excluding tert-OH is 1. The van der Waals surface area contributed by atoms with Crippen molar-refractivity contribution in [2.75, 3.05) is 11.9 Å². The lowest BCUT2D eigenvalue weighted by atomic mass is 10.1. The van der Waals surface area contributed by atoms with Gasteiger partial charge in [-0.05, 0) is 18.8 Å². The Hall–Kier alpha value is -0.870. The Morgan fingerprint density at radius 2 is 2.12 bits per heavy atom. The minimum Gasteiger partial charge on any atom is -0.396 e. The van der Waals surface area contributed by atoms with Crippen LogP contribution in [0, 0.1) is 0 Å². The van der Waals surface area contributed by atoms with Gasteiger partial charge in [0, 0.05) is 18.2 Å². The van der Waals surface area contributed by atoms with Gasteiger partial charge in [0.1, 0.15) is 17.3 Å². The Labute approximate surface area is 107 Å². The number of nitrogens with one attached hydrogen (secondary N) is 1. The molecule has 1 heterocycles. The third kappa shape index (κ3) is 3.82. The summed E-state index contributed by atoms with van der Waals surface area (Å²) < 4.78 is 0. The maximum absolute atomic E-state index is 8.98. The first-order chi connectivity index (χ1) is 8.10. The molecule has 0 amide bonds. The zero-order valence-corrected chi connectivity index (χ0v) is 11.3. The Bertz CT molecular complexity index is 358. The number of hydrogen-bond acceptors (Lipinski definition) is 4. The summed E-state index contributed by atoms with van der Waals surface area (Å²) in [5.74, 6) is 1.04. The molecule has 0 saturated heterocycles. The zero-order valence-electron chi connectivity index (χ0n) is 10.6. The molecule has 1 aromatic heterocycles. The van der Waals surface area contributed by atoms with E-state index in [9.17, 15) is 0 Å². The van der Waals surface area contributed by atoms with E-state index in [0.29, 0.717) is 11.6 Å². The van der Waals surface area contributed by atoms with Crippen LogP contribution in [-0.4, -0.2) is 27.7 Å². The molecule has 5 heteroatoms. The molecule has 17 heavy (non-hydrogen) atoms. The highest BCUT2D eigenvalue weighted by Gasteiger charge is 2.15. The molecule has 0 aromatic carbocycles. The highest BCUT2D eigenvalue weighted by molar-refractivity contribution is 6.30. The van der Waals surface area contributed by atoms with E-state index in [-0.39, 0.29) is 18.6 Å². The lowest BCUT2D eigenvalue weighted by Crippen LogP contribution is -2.22. The summed E-state index contributed by atoms with van der Waals surface area (Å²) >= 11 is 6.09. The average molecular weight is 258 g/mol. The number of nitrogens with zero attached hydrogens (tertiary/aromatic N) is 2. The second kappa shape index (κ2) is 6.77. The smallest absolute Gasteiger partial charge is 0.138 e. The summed E-state index contributed by atoms with van der Waals surface area (Å²) in [6.07, 6.45) is 3.09. The fraction of sp³-hybridized carbons (Fsp3) is 0.667. The van der Waals surface area contributed by atoms with Crippen molar-refractivity contribution >= 4 is 17.4 Å². The number of halogens is 1. The van der Waals surface area contributed by atoms with Gasteiger partial charge in [0.05, 0.1) is 0 Å². The molecule has 96 valence electrons. The molecule has 0 aliphatic carbocycles. The van der Waals surface area contributed by atoms with Crippen molar-refractivity contribution in [2.24, 2.45) is 0 Å². The Balaban J connectivity index is 2.93. The lowest BCUT2D eigenvalue weighted by Gasteiger charge is -2.20. The first-order valence-electron chi connectivity index (χ1n) is 5.97. The van der Waals surface area contributed by atoms with Crippen LogP contribution in [0.5, 0.6) is 0 Å². The van der Waals surface area contributed by atoms with Crippen molar-refractivity contribution in [3.8, 4) is 0 Å². The minimum atomic E-state index is 0.168. The monoisotopic (exact) mass is 257 g/mol. The van der Waals surface area contributed by atoms with Crippen molar-refractivity contribution in [1.82, 2.24) is 9.97 Å². The highest BCUT2D eigenvalue weighted by atomic mass is 35.5. The first-order valence-corrected chi connectivity index (χ1v) is 6.35. The van der Waals surface area contributed by atoms with Crippen molar-refractivity contribution < 1.29 is 5.11 Å². The second-order valence-corrected chi connectivity index (χ2v) is 4.70. The number of aliphatic hydroxyl groups is 1. The molecule has 1 aromatic rings. The van der Waals surface area contributed by atoms with E-state index in [1.807, 2.05) is 0 Å². The topological polar surface area (TPSA) is 58.0 Å². The van der Waals surface area contributed by atoms with Gasteiger partial charge >= 0.3 is 0 Å². The number of anilines is 1. The normalized spacial score (nSPS) is 12.8. The molecule has 0 aliphatic rings. The molecule has 0 spiro atoms. The van der Waals surface area contributed by atoms with Crippen LogP contribution >= 0.6 is 11.6 Å². The third-order valence-corrected chi connectivity index (χ3v) is 3.03.